The van der Waals surface area contributed by atoms with E-state index in [-0.39, 0.29) is 0 Å². The van der Waals surface area contributed by atoms with Crippen LogP contribution in [-0.2, 0) is 6.54 Å². The summed E-state index contributed by atoms with van der Waals surface area (Å²) >= 11 is 0. The van der Waals surface area contributed by atoms with Gasteiger partial charge in [0.2, 0.25) is 0 Å². The quantitative estimate of drug-likeness (QED) is 0.267. The predicted octanol–water partition coefficient (Wildman–Crippen LogP) is 3.83. The maximum atomic E-state index is 8.83. The minimum atomic E-state index is 0.425. The van der Waals surface area contributed by atoms with Gasteiger partial charge in [-0.15, -0.1) is 0 Å². The van der Waals surface area contributed by atoms with Gasteiger partial charge in [-0.1, -0.05) is 42.5 Å². The Hall–Kier alpha value is -4.78. The Labute approximate surface area is 220 Å². The van der Waals surface area contributed by atoms with Gasteiger partial charge in [0.25, 0.3) is 0 Å². The van der Waals surface area contributed by atoms with Crippen molar-refractivity contribution in [2.45, 2.75) is 6.54 Å². The Balaban J connectivity index is 1.37. The van der Waals surface area contributed by atoms with Crippen LogP contribution in [0.3, 0.4) is 0 Å². The Morgan fingerprint density at radius 2 is 1.66 bits per heavy atom. The molecule has 1 saturated heterocycles. The molecule has 188 valence electrons. The number of nitriles is 1. The van der Waals surface area contributed by atoms with Crippen molar-refractivity contribution in [1.82, 2.24) is 34.9 Å². The summed E-state index contributed by atoms with van der Waals surface area (Å²) in [5, 5.41) is 10.8. The van der Waals surface area contributed by atoms with Crippen molar-refractivity contribution in [3.63, 3.8) is 0 Å². The van der Waals surface area contributed by atoms with Crippen molar-refractivity contribution in [3.8, 4) is 34.5 Å². The van der Waals surface area contributed by atoms with E-state index in [1.807, 2.05) is 53.7 Å². The zero-order valence-electron chi connectivity index (χ0n) is 20.8. The van der Waals surface area contributed by atoms with Crippen LogP contribution < -0.4 is 11.2 Å². The summed E-state index contributed by atoms with van der Waals surface area (Å²) in [5.41, 5.74) is 15.4. The van der Waals surface area contributed by atoms with Crippen LogP contribution in [0.2, 0.25) is 0 Å². The number of pyridine rings is 2. The lowest BCUT2D eigenvalue weighted by Gasteiger charge is -2.33. The van der Waals surface area contributed by atoms with Crippen molar-refractivity contribution < 1.29 is 0 Å². The first-order valence-electron chi connectivity index (χ1n) is 12.6. The molecule has 0 saturated carbocycles. The monoisotopic (exact) mass is 501 g/mol. The van der Waals surface area contributed by atoms with Gasteiger partial charge in [-0.2, -0.15) is 5.26 Å². The normalized spacial score (nSPS) is 14.4. The highest BCUT2D eigenvalue weighted by atomic mass is 15.5. The Morgan fingerprint density at radius 3 is 2.39 bits per heavy atom. The highest BCUT2D eigenvalue weighted by molar-refractivity contribution is 5.84. The molecule has 0 atom stereocenters. The largest absolute Gasteiger partial charge is 0.383 e. The van der Waals surface area contributed by atoms with Crippen molar-refractivity contribution >= 4 is 17.0 Å². The fourth-order valence-electron chi connectivity index (χ4n) is 4.86. The molecular formula is C29H27N9. The molecule has 6 rings (SSSR count). The van der Waals surface area contributed by atoms with Gasteiger partial charge in [0, 0.05) is 50.2 Å². The highest BCUT2D eigenvalue weighted by Crippen LogP contribution is 2.31. The molecule has 0 unspecified atom stereocenters. The average Bonchev–Trinajstić information content (AvgIpc) is 3.34. The molecule has 1 aliphatic heterocycles. The molecule has 0 aliphatic carbocycles. The van der Waals surface area contributed by atoms with Crippen LogP contribution in [0.4, 0.5) is 5.82 Å². The van der Waals surface area contributed by atoms with Gasteiger partial charge < -0.3 is 5.73 Å². The molecule has 2 aromatic carbocycles. The molecule has 0 radical (unpaired) electrons. The zero-order valence-corrected chi connectivity index (χ0v) is 20.8. The maximum Gasteiger partial charge on any atom is 0.192 e. The minimum absolute atomic E-state index is 0.425. The number of hydrogen-bond donors (Lipinski definition) is 2. The third-order valence-corrected chi connectivity index (χ3v) is 6.83. The molecule has 5 aromatic rings. The van der Waals surface area contributed by atoms with Crippen molar-refractivity contribution in [3.05, 3.63) is 90.6 Å². The first-order chi connectivity index (χ1) is 18.7. The van der Waals surface area contributed by atoms with Crippen LogP contribution in [0, 0.1) is 11.5 Å². The number of piperazine rings is 1. The number of nitrogens with one attached hydrogen (secondary N) is 1. The molecule has 1 fully saturated rings. The van der Waals surface area contributed by atoms with Crippen LogP contribution in [-0.4, -0.2) is 55.6 Å². The molecule has 9 nitrogen and oxygen atoms in total. The van der Waals surface area contributed by atoms with Gasteiger partial charge in [0.15, 0.2) is 17.7 Å². The number of rotatable bonds is 6. The number of fused-ring (bicyclic) bond motifs is 1. The van der Waals surface area contributed by atoms with Gasteiger partial charge >= 0.3 is 0 Å². The number of aromatic nitrogens is 4. The fraction of sp³-hybridized carbons (Fsp3) is 0.172. The second-order valence-electron chi connectivity index (χ2n) is 9.27. The molecule has 38 heavy (non-hydrogen) atoms. The van der Waals surface area contributed by atoms with Crippen LogP contribution in [0.1, 0.15) is 5.56 Å². The summed E-state index contributed by atoms with van der Waals surface area (Å²) in [6, 6.07) is 26.5. The molecule has 1 aliphatic rings. The number of anilines is 1. The predicted molar refractivity (Wildman–Crippen MR) is 148 cm³/mol. The number of imidazole rings is 1. The molecule has 0 bridgehead atoms. The van der Waals surface area contributed by atoms with Crippen LogP contribution in [0.25, 0.3) is 39.5 Å². The van der Waals surface area contributed by atoms with Gasteiger partial charge in [-0.25, -0.2) is 20.0 Å². The number of hydrazine groups is 1. The molecule has 9 heteroatoms. The lowest BCUT2D eigenvalue weighted by Crippen LogP contribution is -2.50. The van der Waals surface area contributed by atoms with Gasteiger partial charge in [0.05, 0.1) is 11.3 Å². The van der Waals surface area contributed by atoms with Crippen molar-refractivity contribution in [2.24, 2.45) is 0 Å². The van der Waals surface area contributed by atoms with Crippen LogP contribution in [0.5, 0.6) is 0 Å². The van der Waals surface area contributed by atoms with E-state index in [9.17, 15) is 0 Å². The van der Waals surface area contributed by atoms with E-state index >= 15 is 0 Å². The molecule has 3 N–H and O–H groups in total. The first kappa shape index (κ1) is 23.6. The lowest BCUT2D eigenvalue weighted by molar-refractivity contribution is 0.103. The summed E-state index contributed by atoms with van der Waals surface area (Å²) < 4.78 is 2.06. The number of benzene rings is 2. The Kier molecular flexibility index (Phi) is 6.40. The molecule has 3 aromatic heterocycles. The number of nitrogens with zero attached hydrogens (tertiary/aromatic N) is 7. The molecule has 0 spiro atoms. The van der Waals surface area contributed by atoms with Crippen LogP contribution in [0.15, 0.2) is 85.1 Å². The van der Waals surface area contributed by atoms with E-state index in [0.29, 0.717) is 11.6 Å². The van der Waals surface area contributed by atoms with Crippen molar-refractivity contribution in [2.75, 3.05) is 31.9 Å². The SMILES string of the molecule is N#CNN1CCN(Cc2ccc(-n3c(-c4cccnc4N)nc4ccc(-c5ccccc5)nc43)cc2)CC1. The maximum absolute atomic E-state index is 8.83. The molecule has 0 amide bonds. The average molecular weight is 502 g/mol. The number of hydrogen-bond acceptors (Lipinski definition) is 8. The summed E-state index contributed by atoms with van der Waals surface area (Å²) in [6.45, 7) is 4.29. The van der Waals surface area contributed by atoms with E-state index < -0.39 is 0 Å². The zero-order chi connectivity index (χ0) is 25.9. The van der Waals surface area contributed by atoms with E-state index in [1.165, 1.54) is 5.56 Å². The second kappa shape index (κ2) is 10.3. The van der Waals surface area contributed by atoms with E-state index in [0.717, 1.165) is 66.4 Å². The van der Waals surface area contributed by atoms with Crippen molar-refractivity contribution in [1.29, 1.82) is 5.26 Å². The lowest BCUT2D eigenvalue weighted by atomic mass is 10.1. The van der Waals surface area contributed by atoms with E-state index in [4.69, 9.17) is 21.0 Å². The summed E-state index contributed by atoms with van der Waals surface area (Å²) in [5.74, 6) is 1.13. The van der Waals surface area contributed by atoms with Gasteiger partial charge in [-0.3, -0.25) is 14.9 Å². The third-order valence-electron chi connectivity index (χ3n) is 6.83. The first-order valence-corrected chi connectivity index (χ1v) is 12.6. The summed E-state index contributed by atoms with van der Waals surface area (Å²) in [6.07, 6.45) is 3.68. The molecular weight excluding hydrogens is 474 g/mol. The summed E-state index contributed by atoms with van der Waals surface area (Å²) in [7, 11) is 0. The van der Waals surface area contributed by atoms with Gasteiger partial charge in [0.1, 0.15) is 11.3 Å². The fourth-order valence-corrected chi connectivity index (χ4v) is 4.86. The Bertz CT molecular complexity index is 1600. The topological polar surface area (TPSA) is 112 Å². The number of nitrogen functional groups attached to an aromatic ring is 1. The smallest absolute Gasteiger partial charge is 0.192 e. The van der Waals surface area contributed by atoms with Crippen LogP contribution >= 0.6 is 0 Å². The van der Waals surface area contributed by atoms with E-state index in [1.54, 1.807) is 6.20 Å². The van der Waals surface area contributed by atoms with Gasteiger partial charge in [-0.05, 0) is 42.0 Å². The molecule has 4 heterocycles. The number of nitrogens with two attached hydrogens (primary N) is 1. The standard InChI is InChI=1S/C29H27N9/c30-20-33-37-17-15-36(16-18-37)19-21-8-10-23(11-9-21)38-28(24-7-4-14-32-27(24)31)35-26-13-12-25(34-29(26)38)22-5-2-1-3-6-22/h1-14,33H,15-19H2,(H2,31,32). The Morgan fingerprint density at radius 1 is 0.868 bits per heavy atom. The second-order valence-corrected chi connectivity index (χ2v) is 9.27. The summed E-state index contributed by atoms with van der Waals surface area (Å²) in [4.78, 5) is 16.7. The third kappa shape index (κ3) is 4.66. The minimum Gasteiger partial charge on any atom is -0.383 e. The van der Waals surface area contributed by atoms with E-state index in [2.05, 4.69) is 56.3 Å². The highest BCUT2D eigenvalue weighted by Gasteiger charge is 2.20.